The molecular weight excluding hydrogens is 315 g/mol. The molecule has 0 saturated heterocycles. The van der Waals surface area contributed by atoms with E-state index in [1.165, 1.54) is 6.07 Å². The Balaban J connectivity index is 2.29. The SMILES string of the molecule is Cc1ccc(S(=O)(=O)Nc2ccc(C(F)(F)F)cc2)c(C)c1. The normalized spacial score (nSPS) is 12.2. The average molecular weight is 329 g/mol. The standard InChI is InChI=1S/C15H14F3NO2S/c1-10-3-8-14(11(2)9-10)22(20,21)19-13-6-4-12(5-7-13)15(16,17)18/h3-9,19H,1-2H3. The lowest BCUT2D eigenvalue weighted by atomic mass is 10.2. The second kappa shape index (κ2) is 5.64. The van der Waals surface area contributed by atoms with Crippen LogP contribution in [0.4, 0.5) is 18.9 Å². The maximum Gasteiger partial charge on any atom is 0.416 e. The minimum absolute atomic E-state index is 0.0768. The first-order chi connectivity index (χ1) is 10.1. The van der Waals surface area contributed by atoms with Gasteiger partial charge in [-0.15, -0.1) is 0 Å². The number of halogens is 3. The van der Waals surface area contributed by atoms with Crippen molar-refractivity contribution < 1.29 is 21.6 Å². The molecular formula is C15H14F3NO2S. The highest BCUT2D eigenvalue weighted by Crippen LogP contribution is 2.30. The van der Waals surface area contributed by atoms with Crippen LogP contribution in [0.1, 0.15) is 16.7 Å². The van der Waals surface area contributed by atoms with Crippen LogP contribution in [0.15, 0.2) is 47.4 Å². The van der Waals surface area contributed by atoms with Crippen LogP contribution < -0.4 is 4.72 Å². The molecule has 0 fully saturated rings. The van der Waals surface area contributed by atoms with E-state index < -0.39 is 21.8 Å². The van der Waals surface area contributed by atoms with Crippen molar-refractivity contribution in [3.63, 3.8) is 0 Å². The smallest absolute Gasteiger partial charge is 0.280 e. The molecule has 0 aliphatic rings. The summed E-state index contributed by atoms with van der Waals surface area (Å²) in [7, 11) is -3.84. The Morgan fingerprint density at radius 3 is 2.05 bits per heavy atom. The fourth-order valence-corrected chi connectivity index (χ4v) is 3.32. The monoisotopic (exact) mass is 329 g/mol. The largest absolute Gasteiger partial charge is 0.416 e. The number of hydrogen-bond donors (Lipinski definition) is 1. The van der Waals surface area contributed by atoms with Gasteiger partial charge < -0.3 is 0 Å². The van der Waals surface area contributed by atoms with Gasteiger partial charge in [-0.3, -0.25) is 4.72 Å². The third-order valence-electron chi connectivity index (χ3n) is 3.08. The highest BCUT2D eigenvalue weighted by molar-refractivity contribution is 7.92. The maximum absolute atomic E-state index is 12.5. The lowest BCUT2D eigenvalue weighted by Gasteiger charge is -2.12. The van der Waals surface area contributed by atoms with Crippen LogP contribution in [0.25, 0.3) is 0 Å². The first-order valence-corrected chi connectivity index (χ1v) is 7.85. The molecule has 0 amide bonds. The van der Waals surface area contributed by atoms with Crippen LogP contribution in [-0.4, -0.2) is 8.42 Å². The molecule has 0 unspecified atom stereocenters. The summed E-state index contributed by atoms with van der Waals surface area (Å²) in [6.07, 6.45) is -4.45. The van der Waals surface area contributed by atoms with Crippen molar-refractivity contribution >= 4 is 15.7 Å². The van der Waals surface area contributed by atoms with Gasteiger partial charge in [-0.05, 0) is 49.7 Å². The van der Waals surface area contributed by atoms with E-state index in [-0.39, 0.29) is 10.6 Å². The van der Waals surface area contributed by atoms with Crippen LogP contribution >= 0.6 is 0 Å². The van der Waals surface area contributed by atoms with Crippen molar-refractivity contribution in [3.05, 3.63) is 59.2 Å². The second-order valence-corrected chi connectivity index (χ2v) is 6.60. The van der Waals surface area contributed by atoms with Crippen LogP contribution in [0.2, 0.25) is 0 Å². The van der Waals surface area contributed by atoms with Gasteiger partial charge in [0.1, 0.15) is 0 Å². The van der Waals surface area contributed by atoms with Crippen molar-refractivity contribution in [2.45, 2.75) is 24.9 Å². The zero-order chi connectivity index (χ0) is 16.5. The van der Waals surface area contributed by atoms with Crippen LogP contribution in [0.3, 0.4) is 0 Å². The summed E-state index contributed by atoms with van der Waals surface area (Å²) in [5.74, 6) is 0. The van der Waals surface area contributed by atoms with E-state index in [2.05, 4.69) is 4.72 Å². The van der Waals surface area contributed by atoms with E-state index in [4.69, 9.17) is 0 Å². The summed E-state index contributed by atoms with van der Waals surface area (Å²) in [6, 6.07) is 8.69. The number of benzene rings is 2. The van der Waals surface area contributed by atoms with Gasteiger partial charge in [0.2, 0.25) is 0 Å². The molecule has 2 aromatic rings. The fraction of sp³-hybridized carbons (Fsp3) is 0.200. The Kier molecular flexibility index (Phi) is 4.19. The van der Waals surface area contributed by atoms with Crippen molar-refractivity contribution in [1.82, 2.24) is 0 Å². The summed E-state index contributed by atoms with van der Waals surface area (Å²) in [4.78, 5) is 0.0954. The van der Waals surface area contributed by atoms with E-state index in [1.54, 1.807) is 19.1 Å². The molecule has 0 radical (unpaired) electrons. The van der Waals surface area contributed by atoms with Crippen molar-refractivity contribution in [2.75, 3.05) is 4.72 Å². The first-order valence-electron chi connectivity index (χ1n) is 6.37. The Bertz CT molecular complexity index is 781. The summed E-state index contributed by atoms with van der Waals surface area (Å²) in [5, 5.41) is 0. The predicted molar refractivity (Wildman–Crippen MR) is 78.2 cm³/mol. The number of alkyl halides is 3. The Morgan fingerprint density at radius 2 is 1.55 bits per heavy atom. The molecule has 0 spiro atoms. The lowest BCUT2D eigenvalue weighted by Crippen LogP contribution is -2.14. The van der Waals surface area contributed by atoms with Gasteiger partial charge in [0.25, 0.3) is 10.0 Å². The topological polar surface area (TPSA) is 46.2 Å². The van der Waals surface area contributed by atoms with Crippen LogP contribution in [0, 0.1) is 13.8 Å². The van der Waals surface area contributed by atoms with Gasteiger partial charge in [-0.2, -0.15) is 13.2 Å². The Morgan fingerprint density at radius 1 is 0.955 bits per heavy atom. The van der Waals surface area contributed by atoms with Gasteiger partial charge in [0.05, 0.1) is 10.5 Å². The molecule has 22 heavy (non-hydrogen) atoms. The van der Waals surface area contributed by atoms with Gasteiger partial charge in [-0.25, -0.2) is 8.42 Å². The molecule has 0 saturated carbocycles. The molecule has 3 nitrogen and oxygen atoms in total. The van der Waals surface area contributed by atoms with E-state index in [9.17, 15) is 21.6 Å². The number of sulfonamides is 1. The minimum atomic E-state index is -4.45. The molecule has 0 atom stereocenters. The zero-order valence-corrected chi connectivity index (χ0v) is 12.7. The molecule has 1 N–H and O–H groups in total. The van der Waals surface area contributed by atoms with Gasteiger partial charge in [0.15, 0.2) is 0 Å². The van der Waals surface area contributed by atoms with Gasteiger partial charge in [-0.1, -0.05) is 17.7 Å². The van der Waals surface area contributed by atoms with E-state index in [0.717, 1.165) is 29.8 Å². The fourth-order valence-electron chi connectivity index (χ4n) is 2.04. The average Bonchev–Trinajstić information content (AvgIpc) is 2.37. The van der Waals surface area contributed by atoms with Crippen molar-refractivity contribution in [1.29, 1.82) is 0 Å². The number of hydrogen-bond acceptors (Lipinski definition) is 2. The predicted octanol–water partition coefficient (Wildman–Crippen LogP) is 4.12. The third kappa shape index (κ3) is 3.59. The number of nitrogens with one attached hydrogen (secondary N) is 1. The van der Waals surface area contributed by atoms with E-state index >= 15 is 0 Å². The highest BCUT2D eigenvalue weighted by Gasteiger charge is 2.30. The van der Waals surface area contributed by atoms with Crippen molar-refractivity contribution in [3.8, 4) is 0 Å². The molecule has 0 aliphatic heterocycles. The van der Waals surface area contributed by atoms with Gasteiger partial charge in [0, 0.05) is 5.69 Å². The number of aryl methyl sites for hydroxylation is 2. The number of anilines is 1. The van der Waals surface area contributed by atoms with Crippen molar-refractivity contribution in [2.24, 2.45) is 0 Å². The molecule has 7 heteroatoms. The Labute approximate surface area is 126 Å². The molecule has 0 bridgehead atoms. The third-order valence-corrected chi connectivity index (χ3v) is 4.63. The summed E-state index contributed by atoms with van der Waals surface area (Å²) >= 11 is 0. The lowest BCUT2D eigenvalue weighted by molar-refractivity contribution is -0.137. The quantitative estimate of drug-likeness (QED) is 0.920. The maximum atomic E-state index is 12.5. The van der Waals surface area contributed by atoms with Crippen LogP contribution in [0.5, 0.6) is 0 Å². The summed E-state index contributed by atoms with van der Waals surface area (Å²) in [6.45, 7) is 3.50. The number of rotatable bonds is 3. The van der Waals surface area contributed by atoms with Gasteiger partial charge >= 0.3 is 6.18 Å². The molecule has 0 aliphatic carbocycles. The minimum Gasteiger partial charge on any atom is -0.280 e. The molecule has 2 aromatic carbocycles. The Hall–Kier alpha value is -2.02. The van der Waals surface area contributed by atoms with Crippen LogP contribution in [-0.2, 0) is 16.2 Å². The molecule has 118 valence electrons. The summed E-state index contributed by atoms with van der Waals surface area (Å²) in [5.41, 5.74) is 0.736. The highest BCUT2D eigenvalue weighted by atomic mass is 32.2. The molecule has 0 heterocycles. The van der Waals surface area contributed by atoms with E-state index in [0.29, 0.717) is 5.56 Å². The second-order valence-electron chi connectivity index (χ2n) is 4.95. The first kappa shape index (κ1) is 16.4. The molecule has 2 rings (SSSR count). The van der Waals surface area contributed by atoms with E-state index in [1.807, 2.05) is 6.92 Å². The molecule has 0 aromatic heterocycles. The summed E-state index contributed by atoms with van der Waals surface area (Å²) < 4.78 is 64.3. The zero-order valence-electron chi connectivity index (χ0n) is 11.9.